The predicted molar refractivity (Wildman–Crippen MR) is 77.0 cm³/mol. The molecule has 0 unspecified atom stereocenters. The summed E-state index contributed by atoms with van der Waals surface area (Å²) in [6.07, 6.45) is 5.67. The monoisotopic (exact) mass is 277 g/mol. The molecule has 1 amide bonds. The van der Waals surface area contributed by atoms with Crippen molar-refractivity contribution in [2.24, 2.45) is 5.92 Å². The second-order valence-electron chi connectivity index (χ2n) is 5.25. The highest BCUT2D eigenvalue weighted by molar-refractivity contribution is 7.11. The van der Waals surface area contributed by atoms with Gasteiger partial charge >= 0.3 is 0 Å². The Morgan fingerprint density at radius 3 is 3.00 bits per heavy atom. The molecule has 4 heteroatoms. The standard InChI is InChI=1S/C15H19NO2S/c17-15(11-18-10-12-3-4-12)16-7-5-13(6-8-16)14-2-1-9-19-14/h1-2,5,9,12H,3-4,6-8,10-11H2. The zero-order valence-electron chi connectivity index (χ0n) is 11.0. The fourth-order valence-corrected chi connectivity index (χ4v) is 3.07. The molecule has 0 bridgehead atoms. The first-order chi connectivity index (χ1) is 9.33. The van der Waals surface area contributed by atoms with Crippen LogP contribution in [-0.4, -0.2) is 37.1 Å². The van der Waals surface area contributed by atoms with Crippen LogP contribution in [0, 0.1) is 5.92 Å². The number of carbonyl (C=O) groups is 1. The Bertz CT molecular complexity index is 462. The lowest BCUT2D eigenvalue weighted by atomic mass is 10.1. The minimum atomic E-state index is 0.127. The van der Waals surface area contributed by atoms with Gasteiger partial charge in [-0.2, -0.15) is 0 Å². The Kier molecular flexibility index (Phi) is 3.99. The molecular weight excluding hydrogens is 258 g/mol. The molecule has 2 heterocycles. The van der Waals surface area contributed by atoms with Crippen molar-refractivity contribution in [1.29, 1.82) is 0 Å². The highest BCUT2D eigenvalue weighted by atomic mass is 32.1. The van der Waals surface area contributed by atoms with Crippen LogP contribution < -0.4 is 0 Å². The molecular formula is C15H19NO2S. The molecule has 0 aromatic carbocycles. The van der Waals surface area contributed by atoms with Crippen molar-refractivity contribution in [3.8, 4) is 0 Å². The van der Waals surface area contributed by atoms with Gasteiger partial charge in [-0.05, 0) is 42.2 Å². The number of ether oxygens (including phenoxy) is 1. The van der Waals surface area contributed by atoms with Gasteiger partial charge < -0.3 is 9.64 Å². The van der Waals surface area contributed by atoms with E-state index in [9.17, 15) is 4.79 Å². The first-order valence-electron chi connectivity index (χ1n) is 6.91. The Morgan fingerprint density at radius 1 is 1.47 bits per heavy atom. The van der Waals surface area contributed by atoms with Crippen molar-refractivity contribution < 1.29 is 9.53 Å². The summed E-state index contributed by atoms with van der Waals surface area (Å²) >= 11 is 1.77. The van der Waals surface area contributed by atoms with Crippen molar-refractivity contribution in [2.45, 2.75) is 19.3 Å². The van der Waals surface area contributed by atoms with E-state index in [1.54, 1.807) is 11.3 Å². The third-order valence-electron chi connectivity index (χ3n) is 3.68. The van der Waals surface area contributed by atoms with Crippen LogP contribution in [-0.2, 0) is 9.53 Å². The van der Waals surface area contributed by atoms with Crippen molar-refractivity contribution >= 4 is 22.8 Å². The predicted octanol–water partition coefficient (Wildman–Crippen LogP) is 2.79. The van der Waals surface area contributed by atoms with Gasteiger partial charge in [-0.15, -0.1) is 11.3 Å². The summed E-state index contributed by atoms with van der Waals surface area (Å²) in [4.78, 5) is 15.2. The molecule has 1 aromatic rings. The molecule has 0 saturated heterocycles. The molecule has 1 saturated carbocycles. The molecule has 3 rings (SSSR count). The van der Waals surface area contributed by atoms with E-state index in [4.69, 9.17) is 4.74 Å². The van der Waals surface area contributed by atoms with Gasteiger partial charge in [0.05, 0.1) is 6.61 Å². The molecule has 0 N–H and O–H groups in total. The minimum absolute atomic E-state index is 0.127. The summed E-state index contributed by atoms with van der Waals surface area (Å²) in [7, 11) is 0. The number of amides is 1. The van der Waals surface area contributed by atoms with Crippen LogP contribution in [0.5, 0.6) is 0 Å². The Morgan fingerprint density at radius 2 is 2.37 bits per heavy atom. The second kappa shape index (κ2) is 5.88. The Balaban J connectivity index is 1.47. The molecule has 0 atom stereocenters. The van der Waals surface area contributed by atoms with Gasteiger partial charge in [0.2, 0.25) is 5.91 Å². The number of hydrogen-bond donors (Lipinski definition) is 0. The molecule has 3 nitrogen and oxygen atoms in total. The van der Waals surface area contributed by atoms with Gasteiger partial charge in [0, 0.05) is 18.0 Å². The van der Waals surface area contributed by atoms with Gasteiger partial charge in [-0.3, -0.25) is 4.79 Å². The number of hydrogen-bond acceptors (Lipinski definition) is 3. The van der Waals surface area contributed by atoms with Crippen LogP contribution >= 0.6 is 11.3 Å². The summed E-state index contributed by atoms with van der Waals surface area (Å²) < 4.78 is 5.46. The molecule has 1 aliphatic heterocycles. The van der Waals surface area contributed by atoms with E-state index in [1.165, 1.54) is 23.3 Å². The van der Waals surface area contributed by atoms with E-state index >= 15 is 0 Å². The molecule has 0 radical (unpaired) electrons. The number of rotatable bonds is 5. The Hall–Kier alpha value is -1.13. The van der Waals surface area contributed by atoms with E-state index in [0.717, 1.165) is 32.0 Å². The van der Waals surface area contributed by atoms with Crippen molar-refractivity contribution in [3.05, 3.63) is 28.5 Å². The van der Waals surface area contributed by atoms with Crippen molar-refractivity contribution in [3.63, 3.8) is 0 Å². The smallest absolute Gasteiger partial charge is 0.248 e. The van der Waals surface area contributed by atoms with Crippen LogP contribution in [0.4, 0.5) is 0 Å². The summed E-state index contributed by atoms with van der Waals surface area (Å²) in [5, 5.41) is 2.10. The molecule has 1 aliphatic carbocycles. The number of thiophene rings is 1. The lowest BCUT2D eigenvalue weighted by Gasteiger charge is -2.26. The van der Waals surface area contributed by atoms with Crippen LogP contribution in [0.2, 0.25) is 0 Å². The van der Waals surface area contributed by atoms with E-state index < -0.39 is 0 Å². The third kappa shape index (κ3) is 3.45. The van der Waals surface area contributed by atoms with Crippen molar-refractivity contribution in [1.82, 2.24) is 4.90 Å². The molecule has 1 fully saturated rings. The average Bonchev–Trinajstić information content (AvgIpc) is 3.10. The highest BCUT2D eigenvalue weighted by Crippen LogP contribution is 2.29. The molecule has 1 aromatic heterocycles. The Labute approximate surface area is 117 Å². The third-order valence-corrected chi connectivity index (χ3v) is 4.62. The van der Waals surface area contributed by atoms with E-state index in [-0.39, 0.29) is 12.5 Å². The summed E-state index contributed by atoms with van der Waals surface area (Å²) in [6.45, 7) is 2.54. The van der Waals surface area contributed by atoms with Crippen LogP contribution in [0.15, 0.2) is 23.6 Å². The van der Waals surface area contributed by atoms with Gasteiger partial charge in [-0.25, -0.2) is 0 Å². The molecule has 2 aliphatic rings. The minimum Gasteiger partial charge on any atom is -0.371 e. The molecule has 0 spiro atoms. The van der Waals surface area contributed by atoms with Gasteiger partial charge in [0.1, 0.15) is 6.61 Å². The highest BCUT2D eigenvalue weighted by Gasteiger charge is 2.23. The van der Waals surface area contributed by atoms with Gasteiger partial charge in [0.15, 0.2) is 0 Å². The van der Waals surface area contributed by atoms with E-state index in [1.807, 2.05) is 4.90 Å². The molecule has 102 valence electrons. The summed E-state index contributed by atoms with van der Waals surface area (Å²) in [5.74, 6) is 0.849. The SMILES string of the molecule is O=C(COCC1CC1)N1CC=C(c2cccs2)CC1. The number of carbonyl (C=O) groups excluding carboxylic acids is 1. The van der Waals surface area contributed by atoms with Crippen LogP contribution in [0.1, 0.15) is 24.1 Å². The zero-order valence-corrected chi connectivity index (χ0v) is 11.8. The zero-order chi connectivity index (χ0) is 13.1. The van der Waals surface area contributed by atoms with Gasteiger partial charge in [-0.1, -0.05) is 12.1 Å². The normalized spacial score (nSPS) is 19.4. The van der Waals surface area contributed by atoms with Crippen LogP contribution in [0.25, 0.3) is 5.57 Å². The van der Waals surface area contributed by atoms with E-state index in [2.05, 4.69) is 23.6 Å². The largest absolute Gasteiger partial charge is 0.371 e. The first-order valence-corrected chi connectivity index (χ1v) is 7.79. The number of nitrogens with zero attached hydrogens (tertiary/aromatic N) is 1. The second-order valence-corrected chi connectivity index (χ2v) is 6.20. The topological polar surface area (TPSA) is 29.5 Å². The lowest BCUT2D eigenvalue weighted by molar-refractivity contribution is -0.135. The lowest BCUT2D eigenvalue weighted by Crippen LogP contribution is -2.37. The van der Waals surface area contributed by atoms with Crippen LogP contribution in [0.3, 0.4) is 0 Å². The maximum Gasteiger partial charge on any atom is 0.248 e. The maximum atomic E-state index is 12.0. The fourth-order valence-electron chi connectivity index (χ4n) is 2.27. The quantitative estimate of drug-likeness (QED) is 0.828. The maximum absolute atomic E-state index is 12.0. The van der Waals surface area contributed by atoms with E-state index in [0.29, 0.717) is 0 Å². The average molecular weight is 277 g/mol. The fraction of sp³-hybridized carbons (Fsp3) is 0.533. The van der Waals surface area contributed by atoms with Crippen molar-refractivity contribution in [2.75, 3.05) is 26.3 Å². The summed E-state index contributed by atoms with van der Waals surface area (Å²) in [5.41, 5.74) is 1.37. The first kappa shape index (κ1) is 12.9. The molecule has 19 heavy (non-hydrogen) atoms. The summed E-state index contributed by atoms with van der Waals surface area (Å²) in [6, 6.07) is 4.22. The van der Waals surface area contributed by atoms with Gasteiger partial charge in [0.25, 0.3) is 0 Å².